The fourth-order valence-electron chi connectivity index (χ4n) is 2.15. The fraction of sp³-hybridized carbons (Fsp3) is 0.143. The quantitative estimate of drug-likeness (QED) is 0.710. The summed E-state index contributed by atoms with van der Waals surface area (Å²) in [6.45, 7) is 0.551. The van der Waals surface area contributed by atoms with Crippen LogP contribution in [0.3, 0.4) is 0 Å². The number of nitrogens with one attached hydrogen (secondary N) is 1. The van der Waals surface area contributed by atoms with Crippen LogP contribution in [0.5, 0.6) is 5.88 Å². The van der Waals surface area contributed by atoms with Gasteiger partial charge in [0, 0.05) is 18.3 Å². The molecule has 0 atom stereocenters. The van der Waals surface area contributed by atoms with Crippen LogP contribution in [-0.2, 0) is 6.54 Å². The second kappa shape index (κ2) is 5.57. The van der Waals surface area contributed by atoms with E-state index in [1.54, 1.807) is 19.4 Å². The molecular formula is C14H11BrFN3OS. The Kier molecular flexibility index (Phi) is 3.77. The number of methoxy groups -OCH3 is 1. The number of hydrogen-bond donors (Lipinski definition) is 1. The molecule has 0 saturated heterocycles. The Balaban J connectivity index is 2.09. The molecule has 21 heavy (non-hydrogen) atoms. The maximum atomic E-state index is 13.6. The first-order chi connectivity index (χ1) is 10.1. The van der Waals surface area contributed by atoms with Gasteiger partial charge in [-0.3, -0.25) is 0 Å². The van der Waals surface area contributed by atoms with E-state index in [2.05, 4.69) is 25.9 Å². The van der Waals surface area contributed by atoms with Gasteiger partial charge in [0.25, 0.3) is 0 Å². The Labute approximate surface area is 133 Å². The van der Waals surface area contributed by atoms with Gasteiger partial charge in [0.2, 0.25) is 5.88 Å². The minimum atomic E-state index is -0.323. The zero-order valence-electron chi connectivity index (χ0n) is 11.1. The maximum Gasteiger partial charge on any atom is 0.213 e. The van der Waals surface area contributed by atoms with Gasteiger partial charge < -0.3 is 14.3 Å². The minimum Gasteiger partial charge on any atom is -0.481 e. The molecule has 0 amide bonds. The van der Waals surface area contributed by atoms with Gasteiger partial charge in [0.05, 0.1) is 29.2 Å². The minimum absolute atomic E-state index is 0.323. The first-order valence-corrected chi connectivity index (χ1v) is 7.35. The van der Waals surface area contributed by atoms with Crippen molar-refractivity contribution >= 4 is 39.2 Å². The number of nitrogens with zero attached hydrogens (tertiary/aromatic N) is 2. The van der Waals surface area contributed by atoms with Crippen molar-refractivity contribution < 1.29 is 9.13 Å². The predicted molar refractivity (Wildman–Crippen MR) is 84.7 cm³/mol. The summed E-state index contributed by atoms with van der Waals surface area (Å²) >= 11 is 8.52. The van der Waals surface area contributed by atoms with Crippen LogP contribution in [0.2, 0.25) is 0 Å². The van der Waals surface area contributed by atoms with E-state index in [0.29, 0.717) is 27.2 Å². The summed E-state index contributed by atoms with van der Waals surface area (Å²) < 4.78 is 21.5. The monoisotopic (exact) mass is 367 g/mol. The SMILES string of the molecule is COc1cc(Cn2c(=S)[nH]c3cc(F)c(Br)cc32)ccn1. The molecule has 3 aromatic rings. The van der Waals surface area contributed by atoms with Crippen LogP contribution in [0.25, 0.3) is 11.0 Å². The zero-order valence-corrected chi connectivity index (χ0v) is 13.5. The van der Waals surface area contributed by atoms with Gasteiger partial charge in [0.1, 0.15) is 5.82 Å². The van der Waals surface area contributed by atoms with Crippen LogP contribution in [0.15, 0.2) is 34.9 Å². The van der Waals surface area contributed by atoms with Crippen molar-refractivity contribution in [2.75, 3.05) is 7.11 Å². The first kappa shape index (κ1) is 14.2. The van der Waals surface area contributed by atoms with E-state index in [1.807, 2.05) is 16.7 Å². The summed E-state index contributed by atoms with van der Waals surface area (Å²) in [5.74, 6) is 0.225. The molecule has 1 N–H and O–H groups in total. The number of pyridine rings is 1. The van der Waals surface area contributed by atoms with Crippen LogP contribution in [-0.4, -0.2) is 21.6 Å². The van der Waals surface area contributed by atoms with Crippen LogP contribution >= 0.6 is 28.1 Å². The highest BCUT2D eigenvalue weighted by Crippen LogP contribution is 2.24. The van der Waals surface area contributed by atoms with E-state index in [0.717, 1.165) is 11.1 Å². The Hall–Kier alpha value is -1.73. The number of fused-ring (bicyclic) bond motifs is 1. The topological polar surface area (TPSA) is 42.8 Å². The van der Waals surface area contributed by atoms with Gasteiger partial charge in [-0.2, -0.15) is 0 Å². The number of hydrogen-bond acceptors (Lipinski definition) is 3. The molecule has 0 aliphatic rings. The molecule has 0 aliphatic heterocycles. The van der Waals surface area contributed by atoms with Gasteiger partial charge in [0.15, 0.2) is 4.77 Å². The van der Waals surface area contributed by atoms with E-state index in [1.165, 1.54) is 6.07 Å². The Morgan fingerprint density at radius 1 is 1.43 bits per heavy atom. The second-order valence-electron chi connectivity index (χ2n) is 4.51. The maximum absolute atomic E-state index is 13.6. The van der Waals surface area contributed by atoms with Crippen molar-refractivity contribution in [2.45, 2.75) is 6.54 Å². The molecule has 1 aromatic carbocycles. The summed E-state index contributed by atoms with van der Waals surface area (Å²) in [7, 11) is 1.57. The Bertz CT molecular complexity index is 874. The summed E-state index contributed by atoms with van der Waals surface area (Å²) in [5, 5.41) is 0. The number of imidazole rings is 1. The summed E-state index contributed by atoms with van der Waals surface area (Å²) in [5.41, 5.74) is 2.50. The molecule has 0 aliphatic carbocycles. The summed E-state index contributed by atoms with van der Waals surface area (Å²) in [6.07, 6.45) is 1.68. The molecule has 0 spiro atoms. The lowest BCUT2D eigenvalue weighted by atomic mass is 10.2. The molecular weight excluding hydrogens is 357 g/mol. The molecule has 0 unspecified atom stereocenters. The number of aromatic nitrogens is 3. The molecule has 0 radical (unpaired) electrons. The molecule has 2 heterocycles. The van der Waals surface area contributed by atoms with Crippen molar-refractivity contribution in [2.24, 2.45) is 0 Å². The van der Waals surface area contributed by atoms with Crippen molar-refractivity contribution in [3.63, 3.8) is 0 Å². The predicted octanol–water partition coefficient (Wildman–Crippen LogP) is 4.05. The van der Waals surface area contributed by atoms with Crippen molar-refractivity contribution in [1.29, 1.82) is 0 Å². The normalized spacial score (nSPS) is 11.0. The van der Waals surface area contributed by atoms with Gasteiger partial charge in [-0.05, 0) is 45.8 Å². The van der Waals surface area contributed by atoms with Crippen molar-refractivity contribution in [1.82, 2.24) is 14.5 Å². The molecule has 7 heteroatoms. The average Bonchev–Trinajstić information content (AvgIpc) is 2.76. The van der Waals surface area contributed by atoms with Gasteiger partial charge >= 0.3 is 0 Å². The first-order valence-electron chi connectivity index (χ1n) is 6.15. The van der Waals surface area contributed by atoms with E-state index < -0.39 is 0 Å². The fourth-order valence-corrected chi connectivity index (χ4v) is 2.76. The third-order valence-corrected chi connectivity index (χ3v) is 4.10. The number of rotatable bonds is 3. The Morgan fingerprint density at radius 3 is 3.00 bits per heavy atom. The third kappa shape index (κ3) is 2.71. The van der Waals surface area contributed by atoms with Crippen LogP contribution in [0.4, 0.5) is 4.39 Å². The van der Waals surface area contributed by atoms with Gasteiger partial charge in [-0.1, -0.05) is 0 Å². The molecule has 3 rings (SSSR count). The molecule has 108 valence electrons. The van der Waals surface area contributed by atoms with Crippen LogP contribution < -0.4 is 4.74 Å². The number of ether oxygens (including phenoxy) is 1. The van der Waals surface area contributed by atoms with Crippen molar-refractivity contribution in [3.05, 3.63) is 51.1 Å². The largest absolute Gasteiger partial charge is 0.481 e. The lowest BCUT2D eigenvalue weighted by Gasteiger charge is -2.06. The molecule has 0 saturated carbocycles. The van der Waals surface area contributed by atoms with E-state index in [4.69, 9.17) is 17.0 Å². The number of benzene rings is 1. The number of H-pyrrole nitrogens is 1. The summed E-state index contributed by atoms with van der Waals surface area (Å²) in [4.78, 5) is 7.09. The van der Waals surface area contributed by atoms with Gasteiger partial charge in [-0.25, -0.2) is 9.37 Å². The highest BCUT2D eigenvalue weighted by atomic mass is 79.9. The highest BCUT2D eigenvalue weighted by Gasteiger charge is 2.09. The van der Waals surface area contributed by atoms with Gasteiger partial charge in [-0.15, -0.1) is 0 Å². The highest BCUT2D eigenvalue weighted by molar-refractivity contribution is 9.10. The van der Waals surface area contributed by atoms with Crippen LogP contribution in [0.1, 0.15) is 5.56 Å². The number of aromatic amines is 1. The van der Waals surface area contributed by atoms with E-state index in [-0.39, 0.29) is 5.82 Å². The summed E-state index contributed by atoms with van der Waals surface area (Å²) in [6, 6.07) is 6.88. The second-order valence-corrected chi connectivity index (χ2v) is 5.75. The average molecular weight is 368 g/mol. The van der Waals surface area contributed by atoms with E-state index in [9.17, 15) is 4.39 Å². The standard InChI is InChI=1S/C14H11BrFN3OS/c1-20-13-4-8(2-3-17-13)7-19-12-5-9(15)10(16)6-11(12)18-14(19)21/h2-6H,7H2,1H3,(H,18,21). The molecule has 4 nitrogen and oxygen atoms in total. The lowest BCUT2D eigenvalue weighted by Crippen LogP contribution is -2.00. The van der Waals surface area contributed by atoms with E-state index >= 15 is 0 Å². The lowest BCUT2D eigenvalue weighted by molar-refractivity contribution is 0.397. The smallest absolute Gasteiger partial charge is 0.213 e. The molecule has 2 aromatic heterocycles. The third-order valence-electron chi connectivity index (χ3n) is 3.17. The van der Waals surface area contributed by atoms with Crippen molar-refractivity contribution in [3.8, 4) is 5.88 Å². The molecule has 0 fully saturated rings. The van der Waals surface area contributed by atoms with Crippen LogP contribution in [0, 0.1) is 10.6 Å². The Morgan fingerprint density at radius 2 is 2.24 bits per heavy atom. The number of halogens is 2. The molecule has 0 bridgehead atoms. The zero-order chi connectivity index (χ0) is 15.0.